The van der Waals surface area contributed by atoms with E-state index in [1.807, 2.05) is 18.2 Å². The Labute approximate surface area is 195 Å². The van der Waals surface area contributed by atoms with E-state index in [1.54, 1.807) is 25.1 Å². The van der Waals surface area contributed by atoms with Gasteiger partial charge in [0.05, 0.1) is 11.4 Å². The number of rotatable bonds is 9. The van der Waals surface area contributed by atoms with E-state index in [2.05, 4.69) is 16.3 Å². The second kappa shape index (κ2) is 10.4. The number of hydrogen-bond acceptors (Lipinski definition) is 6. The highest BCUT2D eigenvalue weighted by Crippen LogP contribution is 2.36. The first-order chi connectivity index (χ1) is 16.0. The average molecular weight is 474 g/mol. The van der Waals surface area contributed by atoms with Crippen molar-refractivity contribution in [2.24, 2.45) is 0 Å². The number of nitrogens with one attached hydrogen (secondary N) is 1. The minimum absolute atomic E-state index is 0.0939. The molecule has 2 aliphatic rings. The van der Waals surface area contributed by atoms with Gasteiger partial charge in [-0.2, -0.15) is 0 Å². The van der Waals surface area contributed by atoms with E-state index in [0.717, 1.165) is 29.5 Å². The second-order valence-corrected chi connectivity index (χ2v) is 10.5. The molecule has 0 radical (unpaired) electrons. The van der Waals surface area contributed by atoms with Crippen LogP contribution < -0.4 is 19.1 Å². The monoisotopic (exact) mass is 473 g/mol. The first kappa shape index (κ1) is 23.4. The van der Waals surface area contributed by atoms with Crippen molar-refractivity contribution in [1.82, 2.24) is 10.2 Å². The number of fused-ring (bicyclic) bond motifs is 1. The van der Waals surface area contributed by atoms with Gasteiger partial charge < -0.3 is 14.8 Å². The van der Waals surface area contributed by atoms with Gasteiger partial charge in [0, 0.05) is 19.2 Å². The normalized spacial score (nSPS) is 15.9. The molecule has 0 bridgehead atoms. The molecular weight excluding hydrogens is 442 g/mol. The van der Waals surface area contributed by atoms with Crippen molar-refractivity contribution in [3.63, 3.8) is 0 Å². The Morgan fingerprint density at radius 3 is 2.52 bits per heavy atom. The molecule has 2 aromatic rings. The molecule has 8 nitrogen and oxygen atoms in total. The lowest BCUT2D eigenvalue weighted by Gasteiger charge is -2.27. The Morgan fingerprint density at radius 1 is 1.03 bits per heavy atom. The largest absolute Gasteiger partial charge is 0.454 e. The van der Waals surface area contributed by atoms with Crippen molar-refractivity contribution in [2.45, 2.75) is 39.3 Å². The highest BCUT2D eigenvalue weighted by molar-refractivity contribution is 7.92. The molecule has 0 spiro atoms. The molecule has 1 fully saturated rings. The number of carbonyl (C=O) groups excluding carboxylic acids is 1. The highest BCUT2D eigenvalue weighted by atomic mass is 32.2. The Balaban J connectivity index is 1.43. The number of anilines is 1. The summed E-state index contributed by atoms with van der Waals surface area (Å²) >= 11 is 0. The van der Waals surface area contributed by atoms with Crippen LogP contribution in [-0.2, 0) is 27.9 Å². The molecule has 0 aromatic heterocycles. The van der Waals surface area contributed by atoms with Crippen molar-refractivity contribution in [1.29, 1.82) is 0 Å². The molecule has 33 heavy (non-hydrogen) atoms. The predicted octanol–water partition coefficient (Wildman–Crippen LogP) is 2.87. The maximum absolute atomic E-state index is 12.8. The third-order valence-corrected chi connectivity index (χ3v) is 7.81. The molecule has 0 unspecified atom stereocenters. The number of amides is 1. The van der Waals surface area contributed by atoms with Gasteiger partial charge >= 0.3 is 0 Å². The second-order valence-electron chi connectivity index (χ2n) is 8.33. The average Bonchev–Trinajstić information content (AvgIpc) is 3.30. The van der Waals surface area contributed by atoms with Crippen LogP contribution in [0.3, 0.4) is 0 Å². The van der Waals surface area contributed by atoms with Crippen LogP contribution in [0.15, 0.2) is 42.5 Å². The lowest BCUT2D eigenvalue weighted by atomic mass is 10.0. The van der Waals surface area contributed by atoms with E-state index in [9.17, 15) is 13.2 Å². The Morgan fingerprint density at radius 2 is 1.76 bits per heavy atom. The molecule has 4 rings (SSSR count). The lowest BCUT2D eigenvalue weighted by molar-refractivity contribution is -0.119. The van der Waals surface area contributed by atoms with Gasteiger partial charge in [0.25, 0.3) is 0 Å². The first-order valence-corrected chi connectivity index (χ1v) is 13.0. The third-order valence-electron chi connectivity index (χ3n) is 6.07. The van der Waals surface area contributed by atoms with Gasteiger partial charge in [-0.05, 0) is 56.1 Å². The molecule has 1 N–H and O–H groups in total. The molecule has 178 valence electrons. The molecule has 2 heterocycles. The van der Waals surface area contributed by atoms with Crippen LogP contribution in [0.25, 0.3) is 0 Å². The van der Waals surface area contributed by atoms with Crippen LogP contribution >= 0.6 is 0 Å². The number of likely N-dealkylation sites (tertiary alicyclic amines) is 1. The topological polar surface area (TPSA) is 88.2 Å². The summed E-state index contributed by atoms with van der Waals surface area (Å²) in [5.41, 5.74) is 2.61. The molecule has 2 aliphatic heterocycles. The van der Waals surface area contributed by atoms with Crippen LogP contribution in [0.2, 0.25) is 0 Å². The Kier molecular flexibility index (Phi) is 7.39. The van der Waals surface area contributed by atoms with Gasteiger partial charge in [0.2, 0.25) is 22.7 Å². The van der Waals surface area contributed by atoms with Gasteiger partial charge in [-0.1, -0.05) is 30.7 Å². The summed E-state index contributed by atoms with van der Waals surface area (Å²) < 4.78 is 37.3. The summed E-state index contributed by atoms with van der Waals surface area (Å²) in [7, 11) is -3.67. The zero-order valence-electron chi connectivity index (χ0n) is 19.0. The minimum atomic E-state index is -3.67. The Bertz CT molecular complexity index is 1080. The number of hydrogen-bond donors (Lipinski definition) is 1. The van der Waals surface area contributed by atoms with Crippen molar-refractivity contribution >= 4 is 21.6 Å². The number of sulfonamides is 1. The summed E-state index contributed by atoms with van der Waals surface area (Å²) in [6.07, 6.45) is 3.73. The molecule has 0 saturated carbocycles. The molecule has 9 heteroatoms. The number of ether oxygens (including phenoxy) is 2. The summed E-state index contributed by atoms with van der Waals surface area (Å²) in [6, 6.07) is 13.0. The standard InChI is InChI=1S/C24H31N3O5S/c1-2-33(29,30)27(21-10-11-22-23(14-21)32-18-31-22)17-24(28)25-15-19-8-4-5-9-20(19)16-26-12-6-3-7-13-26/h4-5,8-11,14H,2-3,6-7,12-13,15-18H2,1H3,(H,25,28). The summed E-state index contributed by atoms with van der Waals surface area (Å²) in [4.78, 5) is 15.3. The smallest absolute Gasteiger partial charge is 0.241 e. The minimum Gasteiger partial charge on any atom is -0.454 e. The zero-order valence-corrected chi connectivity index (χ0v) is 19.8. The zero-order chi connectivity index (χ0) is 23.3. The maximum Gasteiger partial charge on any atom is 0.241 e. The predicted molar refractivity (Wildman–Crippen MR) is 127 cm³/mol. The van der Waals surface area contributed by atoms with Crippen LogP contribution in [0.1, 0.15) is 37.3 Å². The van der Waals surface area contributed by atoms with E-state index in [-0.39, 0.29) is 25.0 Å². The SMILES string of the molecule is CCS(=O)(=O)N(CC(=O)NCc1ccccc1CN1CCCCC1)c1ccc2c(c1)OCO2. The fourth-order valence-electron chi connectivity index (χ4n) is 4.17. The van der Waals surface area contributed by atoms with Gasteiger partial charge in [-0.15, -0.1) is 0 Å². The molecule has 0 aliphatic carbocycles. The molecule has 2 aromatic carbocycles. The summed E-state index contributed by atoms with van der Waals surface area (Å²) in [5, 5.41) is 2.91. The lowest BCUT2D eigenvalue weighted by Crippen LogP contribution is -2.41. The summed E-state index contributed by atoms with van der Waals surface area (Å²) in [6.45, 7) is 4.76. The number of piperidine rings is 1. The van der Waals surface area contributed by atoms with Gasteiger partial charge in [-0.3, -0.25) is 14.0 Å². The molecule has 0 atom stereocenters. The Hall–Kier alpha value is -2.78. The van der Waals surface area contributed by atoms with E-state index in [0.29, 0.717) is 23.7 Å². The van der Waals surface area contributed by atoms with Crippen molar-refractivity contribution in [3.8, 4) is 11.5 Å². The molecule has 1 amide bonds. The number of nitrogens with zero attached hydrogens (tertiary/aromatic N) is 2. The fraction of sp³-hybridized carbons (Fsp3) is 0.458. The van der Waals surface area contributed by atoms with Crippen LogP contribution in [0.5, 0.6) is 11.5 Å². The third kappa shape index (κ3) is 5.78. The van der Waals surface area contributed by atoms with Crippen LogP contribution in [-0.4, -0.2) is 51.4 Å². The molecular formula is C24H31N3O5S. The van der Waals surface area contributed by atoms with Gasteiger partial charge in [0.1, 0.15) is 6.54 Å². The van der Waals surface area contributed by atoms with Crippen LogP contribution in [0.4, 0.5) is 5.69 Å². The van der Waals surface area contributed by atoms with E-state index in [4.69, 9.17) is 9.47 Å². The van der Waals surface area contributed by atoms with Crippen molar-refractivity contribution < 1.29 is 22.7 Å². The highest BCUT2D eigenvalue weighted by Gasteiger charge is 2.26. The van der Waals surface area contributed by atoms with E-state index >= 15 is 0 Å². The van der Waals surface area contributed by atoms with E-state index < -0.39 is 10.0 Å². The van der Waals surface area contributed by atoms with Gasteiger partial charge in [0.15, 0.2) is 11.5 Å². The van der Waals surface area contributed by atoms with Crippen molar-refractivity contribution in [2.75, 3.05) is 36.5 Å². The van der Waals surface area contributed by atoms with E-state index in [1.165, 1.54) is 24.8 Å². The van der Waals surface area contributed by atoms with Crippen LogP contribution in [0, 0.1) is 0 Å². The summed E-state index contributed by atoms with van der Waals surface area (Å²) in [5.74, 6) is 0.545. The van der Waals surface area contributed by atoms with Crippen molar-refractivity contribution in [3.05, 3.63) is 53.6 Å². The number of carbonyl (C=O) groups is 1. The van der Waals surface area contributed by atoms with Gasteiger partial charge in [-0.25, -0.2) is 8.42 Å². The fourth-order valence-corrected chi connectivity index (χ4v) is 5.23. The molecule has 1 saturated heterocycles. The first-order valence-electron chi connectivity index (χ1n) is 11.4. The maximum atomic E-state index is 12.8. The number of benzene rings is 2. The quantitative estimate of drug-likeness (QED) is 0.603.